The summed E-state index contributed by atoms with van der Waals surface area (Å²) in [4.78, 5) is 0. The average Bonchev–Trinajstić information content (AvgIpc) is 1.98. The highest BCUT2D eigenvalue weighted by atomic mass is 32.2. The Morgan fingerprint density at radius 2 is 2.40 bits per heavy atom. The van der Waals surface area contributed by atoms with Crippen molar-refractivity contribution >= 4 is 29.1 Å². The van der Waals surface area contributed by atoms with Crippen LogP contribution in [0.25, 0.3) is 0 Å². The first kappa shape index (κ1) is 10.0. The molecule has 0 aromatic carbocycles. The second-order valence-electron chi connectivity index (χ2n) is 1.75. The second-order valence-corrected chi connectivity index (χ2v) is 3.14. The van der Waals surface area contributed by atoms with Crippen LogP contribution in [0.1, 0.15) is 6.42 Å². The van der Waals surface area contributed by atoms with Gasteiger partial charge in [0.2, 0.25) is 0 Å². The van der Waals surface area contributed by atoms with E-state index in [0.717, 1.165) is 18.7 Å². The van der Waals surface area contributed by atoms with Gasteiger partial charge in [-0.1, -0.05) is 0 Å². The lowest BCUT2D eigenvalue weighted by Gasteiger charge is -2.04. The molecule has 0 aliphatic rings. The zero-order chi connectivity index (χ0) is 7.82. The zero-order valence-corrected chi connectivity index (χ0v) is 7.65. The van der Waals surface area contributed by atoms with Crippen LogP contribution in [0.5, 0.6) is 0 Å². The molecule has 0 bridgehead atoms. The molecule has 0 spiro atoms. The summed E-state index contributed by atoms with van der Waals surface area (Å²) < 4.78 is 0. The van der Waals surface area contributed by atoms with Gasteiger partial charge >= 0.3 is 0 Å². The van der Waals surface area contributed by atoms with E-state index in [1.807, 2.05) is 11.8 Å². The molecule has 0 rings (SSSR count). The van der Waals surface area contributed by atoms with Crippen LogP contribution in [0.15, 0.2) is 0 Å². The maximum atomic E-state index is 5.03. The van der Waals surface area contributed by atoms with E-state index < -0.39 is 0 Å². The summed E-state index contributed by atoms with van der Waals surface area (Å²) in [7, 11) is 0. The Kier molecular flexibility index (Phi) is 7.11. The van der Waals surface area contributed by atoms with Gasteiger partial charge in [0.1, 0.15) is 0 Å². The third-order valence-electron chi connectivity index (χ3n) is 0.942. The number of thiocarbonyl (C=S) groups is 1. The highest BCUT2D eigenvalue weighted by Gasteiger charge is 1.88. The molecule has 0 aromatic heterocycles. The Balaban J connectivity index is 2.96. The number of hydrogen-bond donors (Lipinski definition) is 3. The Morgan fingerprint density at radius 3 is 2.90 bits per heavy atom. The van der Waals surface area contributed by atoms with Crippen molar-refractivity contribution in [1.29, 1.82) is 0 Å². The van der Waals surface area contributed by atoms with E-state index in [2.05, 4.69) is 17.0 Å². The van der Waals surface area contributed by atoms with Crippen LogP contribution in [0.4, 0.5) is 0 Å². The number of thioether (sulfide) groups is 1. The quantitative estimate of drug-likeness (QED) is 0.247. The molecule has 10 heavy (non-hydrogen) atoms. The lowest BCUT2D eigenvalue weighted by atomic mass is 10.5. The van der Waals surface area contributed by atoms with Crippen molar-refractivity contribution in [1.82, 2.24) is 10.7 Å². The lowest BCUT2D eigenvalue weighted by Crippen LogP contribution is -2.40. The minimum Gasteiger partial charge on any atom is -0.362 e. The van der Waals surface area contributed by atoms with Crippen LogP contribution >= 0.6 is 24.0 Å². The van der Waals surface area contributed by atoms with E-state index in [4.69, 9.17) is 18.1 Å². The Hall–Kier alpha value is -0.0000000000000000486. The summed E-state index contributed by atoms with van der Waals surface area (Å²) in [6, 6.07) is 0. The molecule has 0 saturated carbocycles. The molecule has 0 saturated heterocycles. The van der Waals surface area contributed by atoms with E-state index in [-0.39, 0.29) is 0 Å². The smallest absolute Gasteiger partial charge is 0.180 e. The monoisotopic (exact) mass is 179 g/mol. The van der Waals surface area contributed by atoms with Crippen LogP contribution in [0.2, 0.25) is 0 Å². The van der Waals surface area contributed by atoms with Crippen LogP contribution in [0, 0.1) is 0 Å². The van der Waals surface area contributed by atoms with Crippen LogP contribution < -0.4 is 16.6 Å². The molecule has 0 radical (unpaired) electrons. The van der Waals surface area contributed by atoms with Gasteiger partial charge in [-0.25, -0.2) is 5.84 Å². The fourth-order valence-electron chi connectivity index (χ4n) is 0.469. The van der Waals surface area contributed by atoms with Crippen molar-refractivity contribution < 1.29 is 0 Å². The predicted molar refractivity (Wildman–Crippen MR) is 50.9 cm³/mol. The predicted octanol–water partition coefficient (Wildman–Crippen LogP) is 0.0773. The average molecular weight is 179 g/mol. The topological polar surface area (TPSA) is 50.1 Å². The van der Waals surface area contributed by atoms with E-state index in [1.165, 1.54) is 0 Å². The van der Waals surface area contributed by atoms with Gasteiger partial charge < -0.3 is 10.7 Å². The van der Waals surface area contributed by atoms with Crippen molar-refractivity contribution in [3.05, 3.63) is 0 Å². The normalized spacial score (nSPS) is 9.00. The molecule has 0 unspecified atom stereocenters. The SMILES string of the molecule is CSCCCNC(=S)NN. The number of hydrogen-bond acceptors (Lipinski definition) is 3. The summed E-state index contributed by atoms with van der Waals surface area (Å²) in [6.07, 6.45) is 3.20. The molecule has 0 aliphatic heterocycles. The third kappa shape index (κ3) is 6.12. The van der Waals surface area contributed by atoms with Crippen LogP contribution in [-0.4, -0.2) is 23.7 Å². The molecule has 0 aromatic rings. The van der Waals surface area contributed by atoms with E-state index in [1.54, 1.807) is 0 Å². The summed E-state index contributed by atoms with van der Waals surface area (Å²) in [5.74, 6) is 6.18. The summed E-state index contributed by atoms with van der Waals surface area (Å²) >= 11 is 6.58. The minimum atomic E-state index is 0.515. The van der Waals surface area contributed by atoms with E-state index in [0.29, 0.717) is 5.11 Å². The molecular weight excluding hydrogens is 166 g/mol. The van der Waals surface area contributed by atoms with Crippen LogP contribution in [0.3, 0.4) is 0 Å². The molecule has 0 amide bonds. The molecule has 0 atom stereocenters. The highest BCUT2D eigenvalue weighted by molar-refractivity contribution is 7.98. The Bertz CT molecular complexity index is 96.9. The summed E-state index contributed by atoms with van der Waals surface area (Å²) in [5.41, 5.74) is 2.36. The van der Waals surface area contributed by atoms with Gasteiger partial charge in [-0.15, -0.1) is 0 Å². The number of nitrogens with one attached hydrogen (secondary N) is 2. The molecule has 3 nitrogen and oxygen atoms in total. The molecule has 0 heterocycles. The number of rotatable bonds is 4. The van der Waals surface area contributed by atoms with Crippen LogP contribution in [-0.2, 0) is 0 Å². The van der Waals surface area contributed by atoms with Gasteiger partial charge in [-0.3, -0.25) is 0 Å². The van der Waals surface area contributed by atoms with Crippen molar-refractivity contribution in [3.63, 3.8) is 0 Å². The lowest BCUT2D eigenvalue weighted by molar-refractivity contribution is 0.822. The Morgan fingerprint density at radius 1 is 1.70 bits per heavy atom. The number of nitrogens with two attached hydrogens (primary N) is 1. The molecule has 0 aliphatic carbocycles. The van der Waals surface area contributed by atoms with Gasteiger partial charge in [0.25, 0.3) is 0 Å². The van der Waals surface area contributed by atoms with Gasteiger partial charge in [-0.2, -0.15) is 11.8 Å². The molecule has 0 fully saturated rings. The second kappa shape index (κ2) is 7.11. The van der Waals surface area contributed by atoms with Gasteiger partial charge in [-0.05, 0) is 30.6 Å². The molecular formula is C5H13N3S2. The fraction of sp³-hybridized carbons (Fsp3) is 0.800. The maximum absolute atomic E-state index is 5.03. The zero-order valence-electron chi connectivity index (χ0n) is 6.02. The highest BCUT2D eigenvalue weighted by Crippen LogP contribution is 1.92. The summed E-state index contributed by atoms with van der Waals surface area (Å²) in [6.45, 7) is 0.893. The van der Waals surface area contributed by atoms with Gasteiger partial charge in [0.05, 0.1) is 0 Å². The maximum Gasteiger partial charge on any atom is 0.180 e. The van der Waals surface area contributed by atoms with E-state index in [9.17, 15) is 0 Å². The summed E-state index contributed by atoms with van der Waals surface area (Å²) in [5, 5.41) is 3.46. The van der Waals surface area contributed by atoms with Crippen molar-refractivity contribution in [2.24, 2.45) is 5.84 Å². The van der Waals surface area contributed by atoms with Crippen molar-refractivity contribution in [3.8, 4) is 0 Å². The first-order valence-corrected chi connectivity index (χ1v) is 4.85. The van der Waals surface area contributed by atoms with Gasteiger partial charge in [0, 0.05) is 6.54 Å². The third-order valence-corrected chi connectivity index (χ3v) is 1.90. The largest absolute Gasteiger partial charge is 0.362 e. The molecule has 4 N–H and O–H groups in total. The Labute approximate surface area is 71.1 Å². The fourth-order valence-corrected chi connectivity index (χ4v) is 1.00. The first-order chi connectivity index (χ1) is 4.81. The molecule has 60 valence electrons. The minimum absolute atomic E-state index is 0.515. The van der Waals surface area contributed by atoms with E-state index >= 15 is 0 Å². The number of hydrazine groups is 1. The van der Waals surface area contributed by atoms with Crippen molar-refractivity contribution in [2.45, 2.75) is 6.42 Å². The standard InChI is InChI=1S/C5H13N3S2/c1-10-4-2-3-7-5(9)8-6/h2-4,6H2,1H3,(H2,7,8,9). The van der Waals surface area contributed by atoms with Crippen molar-refractivity contribution in [2.75, 3.05) is 18.6 Å². The van der Waals surface area contributed by atoms with Gasteiger partial charge in [0.15, 0.2) is 5.11 Å². The first-order valence-electron chi connectivity index (χ1n) is 3.04. The molecule has 5 heteroatoms.